The summed E-state index contributed by atoms with van der Waals surface area (Å²) in [5, 5.41) is 0. The summed E-state index contributed by atoms with van der Waals surface area (Å²) in [4.78, 5) is 0. The number of halogens is 1. The number of nitrogens with two attached hydrogens (primary N) is 1. The van der Waals surface area contributed by atoms with Gasteiger partial charge in [-0.2, -0.15) is 0 Å². The first-order chi connectivity index (χ1) is 9.65. The van der Waals surface area contributed by atoms with E-state index in [2.05, 4.69) is 47.1 Å². The molecule has 0 aliphatic carbocycles. The van der Waals surface area contributed by atoms with E-state index in [1.807, 2.05) is 25.1 Å². The molecule has 0 saturated heterocycles. The molecule has 0 saturated carbocycles. The molecule has 2 nitrogen and oxygen atoms in total. The van der Waals surface area contributed by atoms with E-state index >= 15 is 0 Å². The van der Waals surface area contributed by atoms with Gasteiger partial charge < -0.3 is 10.5 Å². The van der Waals surface area contributed by atoms with Crippen LogP contribution in [-0.4, -0.2) is 6.61 Å². The monoisotopic (exact) mass is 333 g/mol. The molecule has 2 aromatic carbocycles. The van der Waals surface area contributed by atoms with Crippen molar-refractivity contribution >= 4 is 15.9 Å². The van der Waals surface area contributed by atoms with E-state index in [1.165, 1.54) is 5.56 Å². The Balaban J connectivity index is 2.23. The van der Waals surface area contributed by atoms with Gasteiger partial charge in [0.15, 0.2) is 0 Å². The lowest BCUT2D eigenvalue weighted by molar-refractivity contribution is 0.338. The van der Waals surface area contributed by atoms with Crippen molar-refractivity contribution in [3.05, 3.63) is 63.6 Å². The van der Waals surface area contributed by atoms with E-state index in [0.29, 0.717) is 6.61 Å². The lowest BCUT2D eigenvalue weighted by Gasteiger charge is -2.15. The summed E-state index contributed by atoms with van der Waals surface area (Å²) in [5.74, 6) is 0.852. The number of hydrogen-bond acceptors (Lipinski definition) is 2. The Labute approximate surface area is 129 Å². The molecule has 0 spiro atoms. The van der Waals surface area contributed by atoms with Crippen molar-refractivity contribution in [2.45, 2.75) is 26.3 Å². The summed E-state index contributed by atoms with van der Waals surface area (Å²) in [7, 11) is 0. The van der Waals surface area contributed by atoms with Crippen LogP contribution in [0.3, 0.4) is 0 Å². The van der Waals surface area contributed by atoms with Gasteiger partial charge >= 0.3 is 0 Å². The molecule has 3 heteroatoms. The quantitative estimate of drug-likeness (QED) is 0.876. The largest absolute Gasteiger partial charge is 0.493 e. The van der Waals surface area contributed by atoms with Gasteiger partial charge in [-0.25, -0.2) is 0 Å². The predicted molar refractivity (Wildman–Crippen MR) is 87.2 cm³/mol. The third kappa shape index (κ3) is 3.41. The minimum Gasteiger partial charge on any atom is -0.493 e. The van der Waals surface area contributed by atoms with E-state index in [9.17, 15) is 0 Å². The highest BCUT2D eigenvalue weighted by Gasteiger charge is 2.11. The third-order valence-corrected chi connectivity index (χ3v) is 3.98. The molecular weight excluding hydrogens is 314 g/mol. The summed E-state index contributed by atoms with van der Waals surface area (Å²) in [6, 6.07) is 14.4. The SMILES string of the molecule is CCOc1ccc(C(N)c2ccc(CC)cc2)cc1Br. The van der Waals surface area contributed by atoms with Crippen molar-refractivity contribution < 1.29 is 4.74 Å². The summed E-state index contributed by atoms with van der Waals surface area (Å²) in [5.41, 5.74) is 9.86. The molecule has 2 N–H and O–H groups in total. The number of ether oxygens (including phenoxy) is 1. The van der Waals surface area contributed by atoms with Crippen molar-refractivity contribution in [3.63, 3.8) is 0 Å². The van der Waals surface area contributed by atoms with Gasteiger partial charge in [0.25, 0.3) is 0 Å². The van der Waals surface area contributed by atoms with Crippen LogP contribution >= 0.6 is 15.9 Å². The van der Waals surface area contributed by atoms with E-state index in [4.69, 9.17) is 10.5 Å². The summed E-state index contributed by atoms with van der Waals surface area (Å²) in [6.45, 7) is 4.78. The van der Waals surface area contributed by atoms with Gasteiger partial charge in [-0.15, -0.1) is 0 Å². The molecule has 20 heavy (non-hydrogen) atoms. The molecule has 0 fully saturated rings. The Bertz CT molecular complexity index is 566. The molecule has 1 atom stereocenters. The number of hydrogen-bond donors (Lipinski definition) is 1. The Hall–Kier alpha value is -1.32. The Morgan fingerprint density at radius 2 is 1.70 bits per heavy atom. The molecule has 0 aliphatic heterocycles. The second-order valence-electron chi connectivity index (χ2n) is 4.70. The molecule has 2 rings (SSSR count). The van der Waals surface area contributed by atoms with Gasteiger partial charge in [0.1, 0.15) is 5.75 Å². The molecule has 1 unspecified atom stereocenters. The van der Waals surface area contributed by atoms with Crippen LogP contribution in [0.1, 0.15) is 36.6 Å². The Morgan fingerprint density at radius 1 is 1.05 bits per heavy atom. The molecule has 0 heterocycles. The summed E-state index contributed by atoms with van der Waals surface area (Å²) in [6.07, 6.45) is 1.05. The average molecular weight is 334 g/mol. The molecule has 0 bridgehead atoms. The smallest absolute Gasteiger partial charge is 0.133 e. The fourth-order valence-electron chi connectivity index (χ4n) is 2.14. The maximum absolute atomic E-state index is 6.34. The second-order valence-corrected chi connectivity index (χ2v) is 5.55. The standard InChI is InChI=1S/C17H20BrNO/c1-3-12-5-7-13(8-6-12)17(19)14-9-10-16(20-4-2)15(18)11-14/h5-11,17H,3-4,19H2,1-2H3. The molecule has 0 amide bonds. The van der Waals surface area contributed by atoms with Crippen LogP contribution in [-0.2, 0) is 6.42 Å². The molecular formula is C17H20BrNO. The van der Waals surface area contributed by atoms with E-state index in [0.717, 1.165) is 27.8 Å². The highest BCUT2D eigenvalue weighted by molar-refractivity contribution is 9.10. The number of rotatable bonds is 5. The number of benzene rings is 2. The first kappa shape index (κ1) is 15.1. The maximum atomic E-state index is 6.34. The topological polar surface area (TPSA) is 35.2 Å². The zero-order valence-electron chi connectivity index (χ0n) is 11.9. The van der Waals surface area contributed by atoms with Crippen molar-refractivity contribution in [1.82, 2.24) is 0 Å². The molecule has 0 aliphatic rings. The van der Waals surface area contributed by atoms with Crippen molar-refractivity contribution in [1.29, 1.82) is 0 Å². The first-order valence-corrected chi connectivity index (χ1v) is 7.71. The fourth-order valence-corrected chi connectivity index (χ4v) is 2.65. The van der Waals surface area contributed by atoms with Crippen LogP contribution in [0.25, 0.3) is 0 Å². The van der Waals surface area contributed by atoms with E-state index < -0.39 is 0 Å². The van der Waals surface area contributed by atoms with Crippen LogP contribution in [0.2, 0.25) is 0 Å². The molecule has 0 aromatic heterocycles. The second kappa shape index (κ2) is 6.91. The molecule has 0 radical (unpaired) electrons. The van der Waals surface area contributed by atoms with Gasteiger partial charge in [0.05, 0.1) is 17.1 Å². The summed E-state index contributed by atoms with van der Waals surface area (Å²) >= 11 is 3.53. The zero-order chi connectivity index (χ0) is 14.5. The van der Waals surface area contributed by atoms with Gasteiger partial charge in [-0.3, -0.25) is 0 Å². The minimum atomic E-state index is -0.118. The maximum Gasteiger partial charge on any atom is 0.133 e. The van der Waals surface area contributed by atoms with Crippen LogP contribution in [0.4, 0.5) is 0 Å². The van der Waals surface area contributed by atoms with Gasteiger partial charge in [-0.1, -0.05) is 37.3 Å². The van der Waals surface area contributed by atoms with Gasteiger partial charge in [0.2, 0.25) is 0 Å². The van der Waals surface area contributed by atoms with Crippen LogP contribution in [0, 0.1) is 0 Å². The molecule has 106 valence electrons. The average Bonchev–Trinajstić information content (AvgIpc) is 2.49. The first-order valence-electron chi connectivity index (χ1n) is 6.92. The third-order valence-electron chi connectivity index (χ3n) is 3.36. The van der Waals surface area contributed by atoms with Crippen molar-refractivity contribution in [2.24, 2.45) is 5.73 Å². The lowest BCUT2D eigenvalue weighted by Crippen LogP contribution is -2.12. The Kier molecular flexibility index (Phi) is 5.21. The fraction of sp³-hybridized carbons (Fsp3) is 0.294. The minimum absolute atomic E-state index is 0.118. The predicted octanol–water partition coefficient (Wildman–Crippen LogP) is 4.46. The van der Waals surface area contributed by atoms with Crippen LogP contribution in [0.15, 0.2) is 46.9 Å². The number of aryl methyl sites for hydroxylation is 1. The summed E-state index contributed by atoms with van der Waals surface area (Å²) < 4.78 is 6.46. The van der Waals surface area contributed by atoms with E-state index in [-0.39, 0.29) is 6.04 Å². The molecule has 2 aromatic rings. The van der Waals surface area contributed by atoms with Crippen LogP contribution in [0.5, 0.6) is 5.75 Å². The zero-order valence-corrected chi connectivity index (χ0v) is 13.5. The van der Waals surface area contributed by atoms with Crippen LogP contribution < -0.4 is 10.5 Å². The normalized spacial score (nSPS) is 12.2. The highest BCUT2D eigenvalue weighted by atomic mass is 79.9. The van der Waals surface area contributed by atoms with E-state index in [1.54, 1.807) is 0 Å². The van der Waals surface area contributed by atoms with Gasteiger partial charge in [-0.05, 0) is 58.1 Å². The highest BCUT2D eigenvalue weighted by Crippen LogP contribution is 2.30. The van der Waals surface area contributed by atoms with Gasteiger partial charge in [0, 0.05) is 0 Å². The van der Waals surface area contributed by atoms with Crippen molar-refractivity contribution in [3.8, 4) is 5.75 Å². The Morgan fingerprint density at radius 3 is 2.25 bits per heavy atom. The van der Waals surface area contributed by atoms with Crippen molar-refractivity contribution in [2.75, 3.05) is 6.61 Å². The lowest BCUT2D eigenvalue weighted by atomic mass is 9.98.